The fraction of sp³-hybridized carbons (Fsp3) is 0.542. The van der Waals surface area contributed by atoms with Crippen LogP contribution >= 0.6 is 11.8 Å². The predicted molar refractivity (Wildman–Crippen MR) is 121 cm³/mol. The first-order valence-electron chi connectivity index (χ1n) is 11.2. The molecule has 2 saturated heterocycles. The van der Waals surface area contributed by atoms with E-state index in [9.17, 15) is 0 Å². The standard InChI is InChI=1S/C24H30F2N4S/c1-13(2)6-22-23(16-4-5-21-17(11-28-29-21)18(16)12-30(22)3)24-19(25)7-14(8-20(24)26)31-15-9-27-10-15/h4-5,7-8,11,13,15-16,18,22-23,27H,6,9-10,12H2,1-3H3,(H,28,29)/t16?,18?,22-,23+/m0/s1. The van der Waals surface area contributed by atoms with E-state index in [4.69, 9.17) is 0 Å². The molecule has 166 valence electrons. The van der Waals surface area contributed by atoms with Gasteiger partial charge in [-0.3, -0.25) is 5.10 Å². The molecule has 1 aromatic heterocycles. The Morgan fingerprint density at radius 2 is 1.97 bits per heavy atom. The van der Waals surface area contributed by atoms with Crippen LogP contribution in [0.2, 0.25) is 0 Å². The number of hydrogen-bond acceptors (Lipinski definition) is 4. The molecule has 7 heteroatoms. The fourth-order valence-electron chi connectivity index (χ4n) is 5.53. The first-order chi connectivity index (χ1) is 14.9. The molecule has 4 atom stereocenters. The van der Waals surface area contributed by atoms with E-state index in [2.05, 4.69) is 47.4 Å². The van der Waals surface area contributed by atoms with Gasteiger partial charge in [0.25, 0.3) is 0 Å². The highest BCUT2D eigenvalue weighted by Crippen LogP contribution is 2.50. The van der Waals surface area contributed by atoms with Gasteiger partial charge in [-0.25, -0.2) is 8.78 Å². The highest BCUT2D eigenvalue weighted by Gasteiger charge is 2.46. The van der Waals surface area contributed by atoms with Crippen LogP contribution in [0.5, 0.6) is 0 Å². The normalized spacial score (nSPS) is 28.5. The quantitative estimate of drug-likeness (QED) is 0.706. The molecule has 3 aliphatic rings. The zero-order chi connectivity index (χ0) is 21.7. The number of likely N-dealkylation sites (tertiary alicyclic amines) is 1. The molecule has 3 heterocycles. The number of H-pyrrole nitrogens is 1. The molecular formula is C24H30F2N4S. The van der Waals surface area contributed by atoms with E-state index in [1.165, 1.54) is 0 Å². The van der Waals surface area contributed by atoms with Crippen LogP contribution in [0.3, 0.4) is 0 Å². The van der Waals surface area contributed by atoms with Crippen LogP contribution in [0.15, 0.2) is 29.3 Å². The monoisotopic (exact) mass is 444 g/mol. The van der Waals surface area contributed by atoms with Crippen molar-refractivity contribution in [2.24, 2.45) is 11.8 Å². The number of hydrogen-bond donors (Lipinski definition) is 2. The SMILES string of the molecule is CC(C)C[C@H]1[C@H](c2c(F)cc(SC3CNC3)cc2F)C2C=Cc3[nH]ncc3C2CN1C. The van der Waals surface area contributed by atoms with E-state index >= 15 is 8.78 Å². The van der Waals surface area contributed by atoms with Crippen LogP contribution in [-0.4, -0.2) is 53.1 Å². The van der Waals surface area contributed by atoms with Gasteiger partial charge in [-0.2, -0.15) is 5.10 Å². The average Bonchev–Trinajstić information content (AvgIpc) is 3.15. The Morgan fingerprint density at radius 1 is 1.23 bits per heavy atom. The summed E-state index contributed by atoms with van der Waals surface area (Å²) in [6, 6.07) is 3.18. The van der Waals surface area contributed by atoms with Crippen molar-refractivity contribution in [3.63, 3.8) is 0 Å². The summed E-state index contributed by atoms with van der Waals surface area (Å²) in [6.45, 7) is 7.01. The molecule has 0 radical (unpaired) electrons. The number of nitrogens with zero attached hydrogens (tertiary/aromatic N) is 2. The molecule has 0 saturated carbocycles. The average molecular weight is 445 g/mol. The van der Waals surface area contributed by atoms with Gasteiger partial charge in [0, 0.05) is 58.8 Å². The van der Waals surface area contributed by atoms with Gasteiger partial charge in [-0.05, 0) is 43.5 Å². The van der Waals surface area contributed by atoms with Gasteiger partial charge in [0.1, 0.15) is 11.6 Å². The molecule has 2 N–H and O–H groups in total. The molecule has 0 amide bonds. The zero-order valence-corrected chi connectivity index (χ0v) is 19.1. The van der Waals surface area contributed by atoms with Gasteiger partial charge in [0.2, 0.25) is 0 Å². The van der Waals surface area contributed by atoms with E-state index in [0.29, 0.717) is 16.1 Å². The van der Waals surface area contributed by atoms with E-state index in [0.717, 1.165) is 37.3 Å². The zero-order valence-electron chi connectivity index (χ0n) is 18.2. The molecule has 2 aliphatic heterocycles. The summed E-state index contributed by atoms with van der Waals surface area (Å²) >= 11 is 1.56. The van der Waals surface area contributed by atoms with E-state index in [-0.39, 0.29) is 29.4 Å². The number of halogens is 2. The lowest BCUT2D eigenvalue weighted by molar-refractivity contribution is 0.0906. The fourth-order valence-corrected chi connectivity index (χ4v) is 6.66. The number of allylic oxidation sites excluding steroid dienone is 1. The number of rotatable bonds is 5. The largest absolute Gasteiger partial charge is 0.314 e. The number of nitrogens with one attached hydrogen (secondary N) is 2. The number of likely N-dealkylation sites (N-methyl/N-ethyl adjacent to an activating group) is 1. The van der Waals surface area contributed by atoms with E-state index < -0.39 is 11.6 Å². The van der Waals surface area contributed by atoms with Crippen LogP contribution in [0.4, 0.5) is 8.78 Å². The van der Waals surface area contributed by atoms with Gasteiger partial charge in [-0.15, -0.1) is 11.8 Å². The third-order valence-electron chi connectivity index (χ3n) is 7.07. The number of aromatic nitrogens is 2. The third kappa shape index (κ3) is 3.85. The second kappa shape index (κ2) is 8.34. The minimum absolute atomic E-state index is 0.0448. The second-order valence-corrected chi connectivity index (χ2v) is 11.0. The highest BCUT2D eigenvalue weighted by atomic mass is 32.2. The first-order valence-corrected chi connectivity index (χ1v) is 12.1. The lowest BCUT2D eigenvalue weighted by atomic mass is 9.65. The van der Waals surface area contributed by atoms with Gasteiger partial charge in [-0.1, -0.05) is 19.9 Å². The smallest absolute Gasteiger partial charge is 0.130 e. The minimum atomic E-state index is -0.408. The number of benzene rings is 1. The topological polar surface area (TPSA) is 44.0 Å². The number of thioether (sulfide) groups is 1. The van der Waals surface area contributed by atoms with Gasteiger partial charge in [0.15, 0.2) is 0 Å². The van der Waals surface area contributed by atoms with Gasteiger partial charge in [0.05, 0.1) is 11.9 Å². The second-order valence-electron chi connectivity index (χ2n) is 9.64. The molecule has 0 bridgehead atoms. The maximum absolute atomic E-state index is 15.6. The summed E-state index contributed by atoms with van der Waals surface area (Å²) in [5.41, 5.74) is 2.41. The molecule has 1 aliphatic carbocycles. The molecule has 4 nitrogen and oxygen atoms in total. The lowest BCUT2D eigenvalue weighted by Crippen LogP contribution is -2.50. The van der Waals surface area contributed by atoms with Crippen LogP contribution in [0.25, 0.3) is 6.08 Å². The van der Waals surface area contributed by atoms with Crippen molar-refractivity contribution in [3.05, 3.63) is 52.9 Å². The van der Waals surface area contributed by atoms with Crippen LogP contribution in [0.1, 0.15) is 48.9 Å². The van der Waals surface area contributed by atoms with Crippen LogP contribution < -0.4 is 5.32 Å². The summed E-state index contributed by atoms with van der Waals surface area (Å²) in [7, 11) is 2.10. The summed E-state index contributed by atoms with van der Waals surface area (Å²) < 4.78 is 31.1. The van der Waals surface area contributed by atoms with Crippen LogP contribution in [-0.2, 0) is 0 Å². The van der Waals surface area contributed by atoms with Crippen LogP contribution in [0, 0.1) is 23.5 Å². The van der Waals surface area contributed by atoms with E-state index in [1.54, 1.807) is 23.9 Å². The molecular weight excluding hydrogens is 414 g/mol. The van der Waals surface area contributed by atoms with Crippen molar-refractivity contribution in [1.29, 1.82) is 0 Å². The Balaban J connectivity index is 1.56. The molecule has 2 fully saturated rings. The maximum atomic E-state index is 15.6. The van der Waals surface area contributed by atoms with Crippen molar-refractivity contribution in [2.45, 2.75) is 48.3 Å². The van der Waals surface area contributed by atoms with Crippen molar-refractivity contribution in [2.75, 3.05) is 26.7 Å². The Kier molecular flexibility index (Phi) is 5.69. The summed E-state index contributed by atoms with van der Waals surface area (Å²) in [6.07, 6.45) is 6.97. The predicted octanol–water partition coefficient (Wildman–Crippen LogP) is 4.62. The molecule has 1 aromatic carbocycles. The Bertz CT molecular complexity index is 961. The van der Waals surface area contributed by atoms with Crippen molar-refractivity contribution in [1.82, 2.24) is 20.4 Å². The third-order valence-corrected chi connectivity index (χ3v) is 8.25. The van der Waals surface area contributed by atoms with Crippen molar-refractivity contribution < 1.29 is 8.78 Å². The van der Waals surface area contributed by atoms with Gasteiger partial charge >= 0.3 is 0 Å². The number of aromatic amines is 1. The molecule has 2 aromatic rings. The summed E-state index contributed by atoms with van der Waals surface area (Å²) in [5.74, 6) is -0.400. The number of piperidine rings is 1. The lowest BCUT2D eigenvalue weighted by Gasteiger charge is -2.49. The maximum Gasteiger partial charge on any atom is 0.130 e. The summed E-state index contributed by atoms with van der Waals surface area (Å²) in [4.78, 5) is 2.99. The highest BCUT2D eigenvalue weighted by molar-refractivity contribution is 8.00. The van der Waals surface area contributed by atoms with E-state index in [1.807, 2.05) is 12.3 Å². The van der Waals surface area contributed by atoms with Crippen molar-refractivity contribution in [3.8, 4) is 0 Å². The minimum Gasteiger partial charge on any atom is -0.314 e. The first kappa shape index (κ1) is 21.2. The van der Waals surface area contributed by atoms with Gasteiger partial charge < -0.3 is 10.2 Å². The Morgan fingerprint density at radius 3 is 2.61 bits per heavy atom. The van der Waals surface area contributed by atoms with Crippen molar-refractivity contribution >= 4 is 17.8 Å². The molecule has 5 rings (SSSR count). The molecule has 0 spiro atoms. The Hall–Kier alpha value is -1.70. The summed E-state index contributed by atoms with van der Waals surface area (Å²) in [5, 5.41) is 10.9. The Labute approximate surface area is 186 Å². The molecule has 31 heavy (non-hydrogen) atoms. The molecule has 2 unspecified atom stereocenters. The number of fused-ring (bicyclic) bond motifs is 3.